The van der Waals surface area contributed by atoms with E-state index in [0.717, 1.165) is 19.5 Å². The third-order valence-corrected chi connectivity index (χ3v) is 2.40. The minimum absolute atomic E-state index is 0.0434. The number of carbonyl (C=O) groups is 1. The van der Waals surface area contributed by atoms with Gasteiger partial charge in [0.2, 0.25) is 5.91 Å². The molecule has 2 heteroatoms. The van der Waals surface area contributed by atoms with Crippen LogP contribution in [0.5, 0.6) is 0 Å². The summed E-state index contributed by atoms with van der Waals surface area (Å²) in [6.45, 7) is 9.30. The van der Waals surface area contributed by atoms with Gasteiger partial charge >= 0.3 is 0 Å². The lowest BCUT2D eigenvalue weighted by atomic mass is 10.0. The van der Waals surface area contributed by atoms with E-state index in [0.29, 0.717) is 0 Å². The van der Waals surface area contributed by atoms with Gasteiger partial charge in [0, 0.05) is 13.1 Å². The first-order valence-corrected chi connectivity index (χ1v) is 4.21. The number of carbonyl (C=O) groups excluding carboxylic acids is 1. The summed E-state index contributed by atoms with van der Waals surface area (Å²) in [6, 6.07) is 0. The van der Waals surface area contributed by atoms with Crippen LogP contribution < -0.4 is 0 Å². The van der Waals surface area contributed by atoms with Gasteiger partial charge in [-0.3, -0.25) is 4.79 Å². The Kier molecular flexibility index (Phi) is 2.69. The van der Waals surface area contributed by atoms with Gasteiger partial charge in [-0.05, 0) is 26.3 Å². The molecule has 2 nitrogen and oxygen atoms in total. The Morgan fingerprint density at radius 2 is 2.17 bits per heavy atom. The topological polar surface area (TPSA) is 20.3 Å². The van der Waals surface area contributed by atoms with Crippen LogP contribution >= 0.6 is 0 Å². The SMILES string of the molecule is C=CC(=O)N1CCC(C)=C(C)C1. The minimum atomic E-state index is 0.0434. The van der Waals surface area contributed by atoms with E-state index < -0.39 is 0 Å². The van der Waals surface area contributed by atoms with Crippen molar-refractivity contribution in [3.05, 3.63) is 23.8 Å². The van der Waals surface area contributed by atoms with Crippen molar-refractivity contribution in [1.82, 2.24) is 4.90 Å². The predicted octanol–water partition coefficient (Wildman–Crippen LogP) is 1.74. The summed E-state index contributed by atoms with van der Waals surface area (Å²) < 4.78 is 0. The molecule has 0 spiro atoms. The molecule has 0 aliphatic carbocycles. The maximum absolute atomic E-state index is 11.2. The van der Waals surface area contributed by atoms with Crippen LogP contribution in [0.2, 0.25) is 0 Å². The summed E-state index contributed by atoms with van der Waals surface area (Å²) in [4.78, 5) is 13.0. The zero-order chi connectivity index (χ0) is 9.14. The number of hydrogen-bond acceptors (Lipinski definition) is 1. The van der Waals surface area contributed by atoms with Gasteiger partial charge in [-0.2, -0.15) is 0 Å². The molecule has 0 aromatic rings. The summed E-state index contributed by atoms with van der Waals surface area (Å²) in [5.41, 5.74) is 2.74. The molecule has 1 heterocycles. The molecule has 0 saturated carbocycles. The molecule has 1 amide bonds. The van der Waals surface area contributed by atoms with E-state index >= 15 is 0 Å². The molecule has 1 aliphatic rings. The number of nitrogens with zero attached hydrogens (tertiary/aromatic N) is 1. The lowest BCUT2D eigenvalue weighted by Crippen LogP contribution is -2.35. The van der Waals surface area contributed by atoms with E-state index in [9.17, 15) is 4.79 Å². The Labute approximate surface area is 73.6 Å². The van der Waals surface area contributed by atoms with Gasteiger partial charge in [-0.15, -0.1) is 0 Å². The van der Waals surface area contributed by atoms with Gasteiger partial charge < -0.3 is 4.90 Å². The molecule has 0 aromatic carbocycles. The molecule has 0 bridgehead atoms. The Bertz CT molecular complexity index is 240. The van der Waals surface area contributed by atoms with Gasteiger partial charge in [0.05, 0.1) is 0 Å². The standard InChI is InChI=1S/C10H15NO/c1-4-10(12)11-6-5-8(2)9(3)7-11/h4H,1,5-7H2,2-3H3. The molecule has 12 heavy (non-hydrogen) atoms. The average Bonchev–Trinajstić information content (AvgIpc) is 2.08. The molecule has 0 radical (unpaired) electrons. The van der Waals surface area contributed by atoms with E-state index in [1.807, 2.05) is 4.90 Å². The molecular weight excluding hydrogens is 150 g/mol. The summed E-state index contributed by atoms with van der Waals surface area (Å²) in [6.07, 6.45) is 2.39. The van der Waals surface area contributed by atoms with Gasteiger partial charge in [0.1, 0.15) is 0 Å². The van der Waals surface area contributed by atoms with Crippen molar-refractivity contribution >= 4 is 5.91 Å². The second-order valence-electron chi connectivity index (χ2n) is 3.27. The van der Waals surface area contributed by atoms with E-state index in [2.05, 4.69) is 20.4 Å². The fraction of sp³-hybridized carbons (Fsp3) is 0.500. The van der Waals surface area contributed by atoms with Gasteiger partial charge in [0.25, 0.3) is 0 Å². The highest BCUT2D eigenvalue weighted by molar-refractivity contribution is 5.87. The summed E-state index contributed by atoms with van der Waals surface area (Å²) >= 11 is 0. The summed E-state index contributed by atoms with van der Waals surface area (Å²) in [7, 11) is 0. The molecule has 0 fully saturated rings. The second-order valence-corrected chi connectivity index (χ2v) is 3.27. The first kappa shape index (κ1) is 9.04. The fourth-order valence-electron chi connectivity index (χ4n) is 1.33. The second kappa shape index (κ2) is 3.57. The zero-order valence-electron chi connectivity index (χ0n) is 7.76. The molecule has 1 rings (SSSR count). The maximum atomic E-state index is 11.2. The molecule has 0 aromatic heterocycles. The monoisotopic (exact) mass is 165 g/mol. The van der Waals surface area contributed by atoms with Crippen LogP contribution in [0.15, 0.2) is 23.8 Å². The Morgan fingerprint density at radius 3 is 2.67 bits per heavy atom. The first-order chi connectivity index (χ1) is 5.65. The number of amides is 1. The maximum Gasteiger partial charge on any atom is 0.246 e. The van der Waals surface area contributed by atoms with Crippen LogP contribution in [0.25, 0.3) is 0 Å². The molecule has 0 saturated heterocycles. The zero-order valence-corrected chi connectivity index (χ0v) is 7.76. The van der Waals surface area contributed by atoms with Crippen LogP contribution in [0.3, 0.4) is 0 Å². The van der Waals surface area contributed by atoms with E-state index in [1.54, 1.807) is 0 Å². The van der Waals surface area contributed by atoms with Crippen molar-refractivity contribution in [2.75, 3.05) is 13.1 Å². The predicted molar refractivity (Wildman–Crippen MR) is 49.8 cm³/mol. The van der Waals surface area contributed by atoms with Crippen molar-refractivity contribution in [2.45, 2.75) is 20.3 Å². The molecule has 0 N–H and O–H groups in total. The van der Waals surface area contributed by atoms with E-state index in [-0.39, 0.29) is 5.91 Å². The molecule has 1 aliphatic heterocycles. The van der Waals surface area contributed by atoms with Gasteiger partial charge in [-0.1, -0.05) is 17.7 Å². The van der Waals surface area contributed by atoms with Gasteiger partial charge in [-0.25, -0.2) is 0 Å². The average molecular weight is 165 g/mol. The van der Waals surface area contributed by atoms with Crippen LogP contribution in [0, 0.1) is 0 Å². The molecular formula is C10H15NO. The Hall–Kier alpha value is -1.05. The molecule has 0 atom stereocenters. The van der Waals surface area contributed by atoms with Crippen molar-refractivity contribution in [3.63, 3.8) is 0 Å². The third-order valence-electron chi connectivity index (χ3n) is 2.40. The highest BCUT2D eigenvalue weighted by Crippen LogP contribution is 2.16. The highest BCUT2D eigenvalue weighted by Gasteiger charge is 2.15. The molecule has 66 valence electrons. The fourth-order valence-corrected chi connectivity index (χ4v) is 1.33. The van der Waals surface area contributed by atoms with E-state index in [4.69, 9.17) is 0 Å². The van der Waals surface area contributed by atoms with Crippen LogP contribution in [-0.4, -0.2) is 23.9 Å². The highest BCUT2D eigenvalue weighted by atomic mass is 16.2. The Balaban J connectivity index is 2.66. The molecule has 0 unspecified atom stereocenters. The summed E-state index contributed by atoms with van der Waals surface area (Å²) in [5, 5.41) is 0. The largest absolute Gasteiger partial charge is 0.335 e. The number of rotatable bonds is 1. The first-order valence-electron chi connectivity index (χ1n) is 4.21. The van der Waals surface area contributed by atoms with Crippen molar-refractivity contribution < 1.29 is 4.79 Å². The third kappa shape index (κ3) is 1.76. The van der Waals surface area contributed by atoms with Crippen molar-refractivity contribution in [2.24, 2.45) is 0 Å². The Morgan fingerprint density at radius 1 is 1.50 bits per heavy atom. The van der Waals surface area contributed by atoms with Crippen LogP contribution in [0.1, 0.15) is 20.3 Å². The van der Waals surface area contributed by atoms with Crippen molar-refractivity contribution in [3.8, 4) is 0 Å². The summed E-state index contributed by atoms with van der Waals surface area (Å²) in [5.74, 6) is 0.0434. The minimum Gasteiger partial charge on any atom is -0.335 e. The lowest BCUT2D eigenvalue weighted by molar-refractivity contribution is -0.125. The van der Waals surface area contributed by atoms with E-state index in [1.165, 1.54) is 17.2 Å². The quantitative estimate of drug-likeness (QED) is 0.428. The smallest absolute Gasteiger partial charge is 0.246 e. The normalized spacial score (nSPS) is 18.0. The van der Waals surface area contributed by atoms with Crippen molar-refractivity contribution in [1.29, 1.82) is 0 Å². The lowest BCUT2D eigenvalue weighted by Gasteiger charge is -2.27. The number of hydrogen-bond donors (Lipinski definition) is 0. The van der Waals surface area contributed by atoms with Gasteiger partial charge in [0.15, 0.2) is 0 Å². The van der Waals surface area contributed by atoms with Crippen LogP contribution in [-0.2, 0) is 4.79 Å². The van der Waals surface area contributed by atoms with Crippen LogP contribution in [0.4, 0.5) is 0 Å².